The Kier molecular flexibility index (Phi) is 3.26. The first-order chi connectivity index (χ1) is 6.56. The molecule has 0 atom stereocenters. The number of esters is 1. The number of nitrogens with zero attached hydrogens (tertiary/aromatic N) is 1. The summed E-state index contributed by atoms with van der Waals surface area (Å²) in [6, 6.07) is 2.01. The van der Waals surface area contributed by atoms with Crippen LogP contribution < -0.4 is 0 Å². The summed E-state index contributed by atoms with van der Waals surface area (Å²) >= 11 is 1.39. The summed E-state index contributed by atoms with van der Waals surface area (Å²) in [5.74, 6) is -0.416. The highest BCUT2D eigenvalue weighted by molar-refractivity contribution is 7.10. The van der Waals surface area contributed by atoms with Gasteiger partial charge in [-0.25, -0.2) is 4.79 Å². The fourth-order valence-electron chi connectivity index (χ4n) is 1.02. The van der Waals surface area contributed by atoms with Crippen LogP contribution in [0.5, 0.6) is 0 Å². The molecule has 0 aromatic carbocycles. The van der Waals surface area contributed by atoms with E-state index in [1.165, 1.54) is 11.3 Å². The van der Waals surface area contributed by atoms with Gasteiger partial charge in [-0.2, -0.15) is 5.26 Å². The van der Waals surface area contributed by atoms with Gasteiger partial charge in [-0.05, 0) is 20.8 Å². The third kappa shape index (κ3) is 2.12. The van der Waals surface area contributed by atoms with Crippen LogP contribution in [0.25, 0.3) is 0 Å². The number of rotatable bonds is 2. The molecule has 0 N–H and O–H groups in total. The molecule has 0 aliphatic carbocycles. The smallest absolute Gasteiger partial charge is 0.340 e. The van der Waals surface area contributed by atoms with Gasteiger partial charge in [-0.15, -0.1) is 11.3 Å². The van der Waals surface area contributed by atoms with E-state index in [0.717, 1.165) is 4.88 Å². The van der Waals surface area contributed by atoms with Crippen LogP contribution in [0.2, 0.25) is 0 Å². The van der Waals surface area contributed by atoms with Crippen LogP contribution in [0.15, 0.2) is 5.38 Å². The standard InChI is InChI=1S/C10H11NO2S/c1-6(2)13-10(12)9-5-14-7(3)8(9)4-11/h5-6H,1-3H3. The fourth-order valence-corrected chi connectivity index (χ4v) is 1.80. The molecule has 1 aromatic heterocycles. The summed E-state index contributed by atoms with van der Waals surface area (Å²) < 4.78 is 5.01. The van der Waals surface area contributed by atoms with Crippen molar-refractivity contribution in [2.45, 2.75) is 26.9 Å². The average molecular weight is 209 g/mol. The van der Waals surface area contributed by atoms with Crippen molar-refractivity contribution in [3.05, 3.63) is 21.4 Å². The Morgan fingerprint density at radius 2 is 2.29 bits per heavy atom. The number of carbonyl (C=O) groups excluding carboxylic acids is 1. The van der Waals surface area contributed by atoms with Crippen molar-refractivity contribution in [1.29, 1.82) is 5.26 Å². The van der Waals surface area contributed by atoms with E-state index >= 15 is 0 Å². The number of hydrogen-bond donors (Lipinski definition) is 0. The highest BCUT2D eigenvalue weighted by Crippen LogP contribution is 2.21. The van der Waals surface area contributed by atoms with E-state index in [2.05, 4.69) is 0 Å². The number of aryl methyl sites for hydroxylation is 1. The molecular weight excluding hydrogens is 198 g/mol. The summed E-state index contributed by atoms with van der Waals surface area (Å²) in [6.45, 7) is 5.38. The largest absolute Gasteiger partial charge is 0.459 e. The minimum absolute atomic E-state index is 0.158. The molecular formula is C10H11NO2S. The third-order valence-electron chi connectivity index (χ3n) is 1.65. The lowest BCUT2D eigenvalue weighted by atomic mass is 10.2. The fraction of sp³-hybridized carbons (Fsp3) is 0.400. The van der Waals surface area contributed by atoms with Gasteiger partial charge in [0.05, 0.1) is 17.2 Å². The maximum Gasteiger partial charge on any atom is 0.340 e. The van der Waals surface area contributed by atoms with Gasteiger partial charge in [0.15, 0.2) is 0 Å². The van der Waals surface area contributed by atoms with Gasteiger partial charge >= 0.3 is 5.97 Å². The van der Waals surface area contributed by atoms with Gasteiger partial charge in [0.2, 0.25) is 0 Å². The number of nitriles is 1. The van der Waals surface area contributed by atoms with Crippen molar-refractivity contribution in [1.82, 2.24) is 0 Å². The van der Waals surface area contributed by atoms with Crippen LogP contribution in [0.4, 0.5) is 0 Å². The zero-order valence-electron chi connectivity index (χ0n) is 8.33. The van der Waals surface area contributed by atoms with Crippen LogP contribution >= 0.6 is 11.3 Å². The summed E-state index contributed by atoms with van der Waals surface area (Å²) in [5.41, 5.74) is 0.810. The summed E-state index contributed by atoms with van der Waals surface area (Å²) in [6.07, 6.45) is -0.158. The van der Waals surface area contributed by atoms with Crippen LogP contribution in [-0.2, 0) is 4.74 Å². The van der Waals surface area contributed by atoms with Crippen LogP contribution in [0.1, 0.15) is 34.6 Å². The van der Waals surface area contributed by atoms with Crippen molar-refractivity contribution >= 4 is 17.3 Å². The molecule has 0 bridgehead atoms. The topological polar surface area (TPSA) is 50.1 Å². The summed E-state index contributed by atoms with van der Waals surface area (Å²) in [4.78, 5) is 12.3. The predicted molar refractivity (Wildman–Crippen MR) is 54.3 cm³/mol. The van der Waals surface area contributed by atoms with Gasteiger partial charge in [0.1, 0.15) is 6.07 Å². The van der Waals surface area contributed by atoms with Crippen molar-refractivity contribution in [3.63, 3.8) is 0 Å². The van der Waals surface area contributed by atoms with E-state index in [-0.39, 0.29) is 6.10 Å². The number of thiophene rings is 1. The molecule has 14 heavy (non-hydrogen) atoms. The Morgan fingerprint density at radius 3 is 2.79 bits per heavy atom. The Bertz CT molecular complexity index is 387. The molecule has 4 heteroatoms. The predicted octanol–water partition coefficient (Wildman–Crippen LogP) is 2.49. The van der Waals surface area contributed by atoms with Crippen molar-refractivity contribution < 1.29 is 9.53 Å². The summed E-state index contributed by atoms with van der Waals surface area (Å²) in [7, 11) is 0. The lowest BCUT2D eigenvalue weighted by Crippen LogP contribution is -2.11. The number of ether oxygens (including phenoxy) is 1. The first-order valence-corrected chi connectivity index (χ1v) is 5.13. The van der Waals surface area contributed by atoms with Crippen LogP contribution in [-0.4, -0.2) is 12.1 Å². The molecule has 1 rings (SSSR count). The van der Waals surface area contributed by atoms with E-state index in [9.17, 15) is 4.79 Å². The molecule has 0 aliphatic rings. The SMILES string of the molecule is Cc1scc(C(=O)OC(C)C)c1C#N. The second-order valence-electron chi connectivity index (χ2n) is 3.15. The minimum Gasteiger partial charge on any atom is -0.459 e. The van der Waals surface area contributed by atoms with E-state index in [1.807, 2.05) is 13.0 Å². The highest BCUT2D eigenvalue weighted by Gasteiger charge is 2.17. The molecule has 74 valence electrons. The zero-order chi connectivity index (χ0) is 10.7. The minimum atomic E-state index is -0.416. The maximum absolute atomic E-state index is 11.5. The molecule has 0 spiro atoms. The van der Waals surface area contributed by atoms with Gasteiger partial charge < -0.3 is 4.74 Å². The van der Waals surface area contributed by atoms with Crippen molar-refractivity contribution in [2.75, 3.05) is 0 Å². The van der Waals surface area contributed by atoms with E-state index in [0.29, 0.717) is 11.1 Å². The van der Waals surface area contributed by atoms with Crippen molar-refractivity contribution in [3.8, 4) is 6.07 Å². The summed E-state index contributed by atoms with van der Waals surface area (Å²) in [5, 5.41) is 10.5. The zero-order valence-corrected chi connectivity index (χ0v) is 9.14. The maximum atomic E-state index is 11.5. The second kappa shape index (κ2) is 4.25. The Hall–Kier alpha value is -1.34. The molecule has 0 unspecified atom stereocenters. The molecule has 3 nitrogen and oxygen atoms in total. The third-order valence-corrected chi connectivity index (χ3v) is 2.56. The lowest BCUT2D eigenvalue weighted by molar-refractivity contribution is 0.0378. The molecule has 0 aliphatic heterocycles. The number of hydrogen-bond acceptors (Lipinski definition) is 4. The molecule has 0 saturated heterocycles. The van der Waals surface area contributed by atoms with E-state index in [1.54, 1.807) is 19.2 Å². The first-order valence-electron chi connectivity index (χ1n) is 4.25. The van der Waals surface area contributed by atoms with Gasteiger partial charge in [0, 0.05) is 10.3 Å². The second-order valence-corrected chi connectivity index (χ2v) is 4.23. The molecule has 0 radical (unpaired) electrons. The van der Waals surface area contributed by atoms with Crippen LogP contribution in [0.3, 0.4) is 0 Å². The molecule has 0 fully saturated rings. The van der Waals surface area contributed by atoms with Gasteiger partial charge in [0.25, 0.3) is 0 Å². The molecule has 1 aromatic rings. The van der Waals surface area contributed by atoms with E-state index in [4.69, 9.17) is 10.00 Å². The lowest BCUT2D eigenvalue weighted by Gasteiger charge is -2.06. The van der Waals surface area contributed by atoms with Gasteiger partial charge in [-0.3, -0.25) is 0 Å². The number of carbonyl (C=O) groups is 1. The normalized spacial score (nSPS) is 9.93. The monoisotopic (exact) mass is 209 g/mol. The quantitative estimate of drug-likeness (QED) is 0.703. The first kappa shape index (κ1) is 10.7. The Labute approximate surface area is 86.9 Å². The van der Waals surface area contributed by atoms with Crippen LogP contribution in [0, 0.1) is 18.3 Å². The Morgan fingerprint density at radius 1 is 1.64 bits per heavy atom. The molecule has 0 amide bonds. The molecule has 0 saturated carbocycles. The average Bonchev–Trinajstić information content (AvgIpc) is 2.45. The van der Waals surface area contributed by atoms with E-state index < -0.39 is 5.97 Å². The van der Waals surface area contributed by atoms with Crippen molar-refractivity contribution in [2.24, 2.45) is 0 Å². The Balaban J connectivity index is 2.97. The highest BCUT2D eigenvalue weighted by atomic mass is 32.1. The van der Waals surface area contributed by atoms with Gasteiger partial charge in [-0.1, -0.05) is 0 Å². The molecule has 1 heterocycles.